The summed E-state index contributed by atoms with van der Waals surface area (Å²) in [7, 11) is 0. The number of carbonyl (C=O) groups excluding carboxylic acids is 5. The van der Waals surface area contributed by atoms with Crippen molar-refractivity contribution in [1.29, 1.82) is 0 Å². The molecule has 0 aromatic carbocycles. The lowest BCUT2D eigenvalue weighted by Gasteiger charge is -2.46. The lowest BCUT2D eigenvalue weighted by molar-refractivity contribution is -0.594. The first-order valence-corrected chi connectivity index (χ1v) is 20.8. The summed E-state index contributed by atoms with van der Waals surface area (Å²) in [6.07, 6.45) is -39.3. The molecule has 3 aliphatic rings. The molecule has 0 spiro atoms. The minimum Gasteiger partial charge on any atom is -0.542 e. The molecule has 2 saturated heterocycles. The molecular weight excluding hydrogens is 1200 g/mol. The molecule has 3 rings (SSSR count). The number of nitrogens with one attached hydrogen (secondary N) is 5. The van der Waals surface area contributed by atoms with E-state index in [4.69, 9.17) is 126 Å². The van der Waals surface area contributed by atoms with Gasteiger partial charge in [-0.05, 0) is 0 Å². The highest BCUT2D eigenvalue weighted by molar-refractivity contribution is 5.73. The first kappa shape index (κ1) is 78.5. The standard InChI is InChI=1S/C23H47N15O9.5C2HF3O2/c24-19(25)34-3-9-8(40)2-7(37-22(30)31)17(44-9)46-15-5(35-20(26)27)1-6(36-21(28)29)16(14(15)43)47-18-13(42)11(38-23(32)33)12(41)10(4-39)45-18;5*3-2(4,5)1(6)7/h5-18,39-43H,1-4H2,(H4,24,25,34)(H4,26,27,35)(H4,28,29,36)(H4,30,31,37)(H4,32,33,38);5*(H,6,7)/t5-,6+,7+,8-,9+,10+,11-,12+,13+,14-,15+,16-,17+,18+;;;;;/m0...../s1. The largest absolute Gasteiger partial charge is 0.542 e. The van der Waals surface area contributed by atoms with Crippen LogP contribution in [0, 0.1) is 0 Å². The number of aliphatic carboxylic acids is 5. The molecule has 0 unspecified atom stereocenters. The summed E-state index contributed by atoms with van der Waals surface area (Å²) in [5.74, 6) is -16.1. The first-order chi connectivity index (χ1) is 36.7. The molecule has 2 heterocycles. The van der Waals surface area contributed by atoms with E-state index in [0.717, 1.165) is 0 Å². The number of hydrogen-bond donors (Lipinski definition) is 20. The second kappa shape index (κ2) is 33.3. The van der Waals surface area contributed by atoms with Gasteiger partial charge in [-0.1, -0.05) is 0 Å². The van der Waals surface area contributed by atoms with Crippen molar-refractivity contribution in [3.63, 3.8) is 0 Å². The molecule has 0 radical (unpaired) electrons. The topological polar surface area (TPSA) is 669 Å². The van der Waals surface area contributed by atoms with E-state index in [1.807, 2.05) is 0 Å². The van der Waals surface area contributed by atoms with Crippen molar-refractivity contribution in [3.05, 3.63) is 0 Å². The number of halogens is 15. The molecule has 49 heteroatoms. The number of aliphatic hydroxyl groups excluding tert-OH is 5. The molecule has 1 saturated carbocycles. The summed E-state index contributed by atoms with van der Waals surface area (Å²) >= 11 is 0. The average molecular weight is 1250 g/mol. The van der Waals surface area contributed by atoms with Crippen LogP contribution in [0.3, 0.4) is 0 Å². The molecule has 0 bridgehead atoms. The van der Waals surface area contributed by atoms with Gasteiger partial charge in [-0.2, -0.15) is 65.9 Å². The third-order valence-corrected chi connectivity index (χ3v) is 9.06. The molecule has 2 aliphatic heterocycles. The van der Waals surface area contributed by atoms with Crippen LogP contribution in [0.2, 0.25) is 0 Å². The Morgan fingerprint density at radius 2 is 0.732 bits per heavy atom. The maximum Gasteiger partial charge on any atom is 0.430 e. The summed E-state index contributed by atoms with van der Waals surface area (Å²) < 4.78 is 182. The van der Waals surface area contributed by atoms with Crippen LogP contribution in [0.25, 0.3) is 0 Å². The molecule has 478 valence electrons. The number of ether oxygens (including phenoxy) is 4. The van der Waals surface area contributed by atoms with Gasteiger partial charge in [-0.15, -0.1) is 0 Å². The van der Waals surface area contributed by atoms with E-state index in [9.17, 15) is 91.4 Å². The van der Waals surface area contributed by atoms with E-state index in [0.29, 0.717) is 0 Å². The summed E-state index contributed by atoms with van der Waals surface area (Å²) in [6, 6.07) is -3.85. The zero-order valence-corrected chi connectivity index (χ0v) is 40.3. The van der Waals surface area contributed by atoms with Gasteiger partial charge in [0.1, 0.15) is 96.7 Å². The number of rotatable bonds is 11. The van der Waals surface area contributed by atoms with Crippen molar-refractivity contribution in [2.45, 2.75) is 129 Å². The maximum absolute atomic E-state index is 11.9. The highest BCUT2D eigenvalue weighted by Gasteiger charge is 2.54. The van der Waals surface area contributed by atoms with Gasteiger partial charge in [0.15, 0.2) is 12.6 Å². The van der Waals surface area contributed by atoms with Gasteiger partial charge in [0.05, 0.1) is 19.3 Å². The number of nitrogens with two attached hydrogens (primary N) is 10. The SMILES string of the molecule is NC(N)=[NH+]C[C@H]1O[C@H](O[C@H]2[C@H](O)[C@@H](O[C@H]3O[C@H](CO)[C@@H](O)[C@H]([NH+]=C(N)N)[C@H]3O)[C@H]([NH+]=C(N)N)C[C@@H]2[NH+]=C(N)N)[C@H]([NH+]=C(N)N)C[C@@H]1O.O=C([O-])C(F)(F)F.O=C([O-])C(F)(F)F.O=C([O-])C(F)(F)F.O=C([O-])C(F)(F)F.O=C([O-])C(F)(F)F. The second-order valence-electron chi connectivity index (χ2n) is 15.5. The maximum atomic E-state index is 11.9. The Morgan fingerprint density at radius 3 is 1.01 bits per heavy atom. The number of aliphatic hydroxyl groups is 5. The van der Waals surface area contributed by atoms with Crippen LogP contribution in [-0.4, -0.2) is 215 Å². The molecule has 30 N–H and O–H groups in total. The van der Waals surface area contributed by atoms with Crippen LogP contribution in [0.4, 0.5) is 65.9 Å². The predicted molar refractivity (Wildman–Crippen MR) is 214 cm³/mol. The lowest BCUT2D eigenvalue weighted by atomic mass is 9.83. The van der Waals surface area contributed by atoms with E-state index >= 15 is 0 Å². The number of carboxylic acid groups (broad SMARTS) is 5. The fourth-order valence-electron chi connectivity index (χ4n) is 5.89. The normalized spacial score (nSPS) is 27.0. The van der Waals surface area contributed by atoms with Gasteiger partial charge < -0.3 is 94.0 Å². The Morgan fingerprint density at radius 1 is 0.439 bits per heavy atom. The van der Waals surface area contributed by atoms with Gasteiger partial charge in [-0.25, -0.2) is 0 Å². The third kappa shape index (κ3) is 30.8. The summed E-state index contributed by atoms with van der Waals surface area (Å²) in [5.41, 5.74) is 56.5. The molecule has 34 nitrogen and oxygen atoms in total. The molecule has 0 aromatic rings. The molecule has 0 amide bonds. The van der Waals surface area contributed by atoms with Crippen LogP contribution < -0.4 is 108 Å². The van der Waals surface area contributed by atoms with E-state index in [-0.39, 0.29) is 49.2 Å². The van der Waals surface area contributed by atoms with Crippen LogP contribution >= 0.6 is 0 Å². The third-order valence-electron chi connectivity index (χ3n) is 9.06. The quantitative estimate of drug-likeness (QED) is 0.0519. The fourth-order valence-corrected chi connectivity index (χ4v) is 5.89. The highest BCUT2D eigenvalue weighted by atomic mass is 19.4. The minimum absolute atomic E-state index is 0.00556. The van der Waals surface area contributed by atoms with E-state index in [1.165, 1.54) is 0 Å². The lowest BCUT2D eigenvalue weighted by Crippen LogP contribution is -2.96. The number of carboxylic acids is 5. The summed E-state index contributed by atoms with van der Waals surface area (Å²) in [4.78, 5) is 57.6. The Labute approximate surface area is 444 Å². The van der Waals surface area contributed by atoms with E-state index in [2.05, 4.69) is 25.0 Å². The number of carbonyl (C=O) groups is 5. The monoisotopic (exact) mass is 1250 g/mol. The Hall–Kier alpha value is -7.71. The predicted octanol–water partition coefficient (Wildman–Crippen LogP) is -22.8. The molecule has 14 atom stereocenters. The van der Waals surface area contributed by atoms with E-state index < -0.39 is 153 Å². The summed E-state index contributed by atoms with van der Waals surface area (Å²) in [5, 5.41) is 98.0. The average Bonchev–Trinajstić information content (AvgIpc) is 3.27. The minimum atomic E-state index is -5.19. The molecule has 82 heavy (non-hydrogen) atoms. The van der Waals surface area contributed by atoms with Crippen molar-refractivity contribution >= 4 is 59.6 Å². The molecular formula is C33H52F15N15O19. The van der Waals surface area contributed by atoms with Crippen LogP contribution in [0.1, 0.15) is 12.8 Å². The van der Waals surface area contributed by atoms with Crippen molar-refractivity contribution < 1.29 is 185 Å². The Bertz CT molecular complexity index is 2070. The van der Waals surface area contributed by atoms with Crippen LogP contribution in [0.5, 0.6) is 0 Å². The number of hydrogen-bond acceptors (Lipinski definition) is 19. The van der Waals surface area contributed by atoms with Crippen molar-refractivity contribution in [3.8, 4) is 0 Å². The first-order valence-electron chi connectivity index (χ1n) is 20.8. The van der Waals surface area contributed by atoms with E-state index in [1.54, 1.807) is 0 Å². The van der Waals surface area contributed by atoms with Crippen LogP contribution in [-0.2, 0) is 42.9 Å². The van der Waals surface area contributed by atoms with Gasteiger partial charge >= 0.3 is 60.7 Å². The van der Waals surface area contributed by atoms with Gasteiger partial charge in [0, 0.05) is 12.8 Å². The van der Waals surface area contributed by atoms with Crippen molar-refractivity contribution in [2.24, 2.45) is 57.3 Å². The summed E-state index contributed by atoms with van der Waals surface area (Å²) in [6.45, 7) is -0.684. The Kier molecular flexibility index (Phi) is 31.9. The van der Waals surface area contributed by atoms with Gasteiger partial charge in [-0.3, -0.25) is 82.3 Å². The highest BCUT2D eigenvalue weighted by Crippen LogP contribution is 2.30. The van der Waals surface area contributed by atoms with Crippen molar-refractivity contribution in [1.82, 2.24) is 0 Å². The molecule has 0 aromatic heterocycles. The zero-order chi connectivity index (χ0) is 65.5. The fraction of sp³-hybridized carbons (Fsp3) is 0.697. The smallest absolute Gasteiger partial charge is 0.430 e. The zero-order valence-electron chi connectivity index (χ0n) is 40.3. The second-order valence-corrected chi connectivity index (χ2v) is 15.5. The molecule has 1 aliphatic carbocycles. The van der Waals surface area contributed by atoms with Gasteiger partial charge in [0.25, 0.3) is 0 Å². The van der Waals surface area contributed by atoms with Crippen molar-refractivity contribution in [2.75, 3.05) is 13.2 Å². The molecule has 3 fully saturated rings. The van der Waals surface area contributed by atoms with Gasteiger partial charge in [0.2, 0.25) is 0 Å². The number of alkyl halides is 15. The number of guanidine groups is 5. The van der Waals surface area contributed by atoms with Crippen LogP contribution in [0.15, 0.2) is 0 Å². The Balaban J connectivity index is -0.00000142.